The van der Waals surface area contributed by atoms with E-state index in [0.717, 1.165) is 0 Å². The van der Waals surface area contributed by atoms with Crippen molar-refractivity contribution in [1.82, 2.24) is 5.32 Å². The van der Waals surface area contributed by atoms with Crippen molar-refractivity contribution in [2.45, 2.75) is 53.3 Å². The summed E-state index contributed by atoms with van der Waals surface area (Å²) in [5, 5.41) is 3.12. The number of nitrogens with one attached hydrogen (secondary N) is 1. The molecule has 5 heteroatoms. The first-order chi connectivity index (χ1) is 6.02. The third-order valence-corrected chi connectivity index (χ3v) is 1.93. The van der Waals surface area contributed by atoms with Gasteiger partial charge in [-0.25, -0.2) is 0 Å². The van der Waals surface area contributed by atoms with Crippen molar-refractivity contribution in [1.29, 1.82) is 0 Å². The van der Waals surface area contributed by atoms with Crippen LogP contribution in [0.5, 0.6) is 0 Å². The molecule has 0 spiro atoms. The van der Waals surface area contributed by atoms with Crippen LogP contribution in [0.2, 0.25) is 0 Å². The van der Waals surface area contributed by atoms with Crippen LogP contribution >= 0.6 is 8.25 Å². The summed E-state index contributed by atoms with van der Waals surface area (Å²) in [7, 11) is -2.82. The molecule has 0 bridgehead atoms. The summed E-state index contributed by atoms with van der Waals surface area (Å²) in [6, 6.07) is 0. The molecule has 0 saturated heterocycles. The van der Waals surface area contributed by atoms with Crippen LogP contribution in [0.1, 0.15) is 41.5 Å². The van der Waals surface area contributed by atoms with E-state index >= 15 is 0 Å². The fourth-order valence-corrected chi connectivity index (χ4v) is 1.42. The molecule has 0 aromatic heterocycles. The quantitative estimate of drug-likeness (QED) is 0.583. The lowest BCUT2D eigenvalue weighted by Gasteiger charge is -2.33. The Labute approximate surface area is 87.0 Å². The number of hydrogen-bond acceptors (Lipinski definition) is 4. The van der Waals surface area contributed by atoms with E-state index in [9.17, 15) is 9.46 Å². The third kappa shape index (κ3) is 6.44. The van der Waals surface area contributed by atoms with E-state index < -0.39 is 14.5 Å². The lowest BCUT2D eigenvalue weighted by molar-refractivity contribution is -0.195. The van der Waals surface area contributed by atoms with Crippen molar-refractivity contribution >= 4 is 8.25 Å². The molecule has 0 aliphatic rings. The van der Waals surface area contributed by atoms with Gasteiger partial charge in [0, 0.05) is 11.0 Å². The standard InChI is InChI=1S/C9H20NO3P/c1-8(2,3)7(13-14(11)12)10-9(4,5)6/h7,10H,1-6H3. The van der Waals surface area contributed by atoms with E-state index in [1.807, 2.05) is 41.5 Å². The number of hydrogen-bond donors (Lipinski definition) is 1. The van der Waals surface area contributed by atoms with Crippen LogP contribution in [-0.2, 0) is 9.09 Å². The van der Waals surface area contributed by atoms with Gasteiger partial charge in [-0.2, -0.15) is 0 Å². The molecular formula is C9H20NO3P. The first-order valence-electron chi connectivity index (χ1n) is 4.61. The molecule has 0 amide bonds. The second-order valence-corrected chi connectivity index (χ2v) is 6.13. The molecule has 14 heavy (non-hydrogen) atoms. The average Bonchev–Trinajstić information content (AvgIpc) is 1.78. The van der Waals surface area contributed by atoms with E-state index in [4.69, 9.17) is 4.52 Å². The maximum absolute atomic E-state index is 10.5. The van der Waals surface area contributed by atoms with E-state index in [1.165, 1.54) is 0 Å². The van der Waals surface area contributed by atoms with E-state index in [0.29, 0.717) is 0 Å². The van der Waals surface area contributed by atoms with E-state index in [1.54, 1.807) is 0 Å². The predicted molar refractivity (Wildman–Crippen MR) is 54.8 cm³/mol. The van der Waals surface area contributed by atoms with Gasteiger partial charge in [-0.15, -0.1) is 4.52 Å². The minimum atomic E-state index is -2.82. The van der Waals surface area contributed by atoms with Crippen LogP contribution in [0, 0.1) is 5.41 Å². The second-order valence-electron chi connectivity index (χ2n) is 5.47. The van der Waals surface area contributed by atoms with Crippen molar-refractivity contribution in [2.75, 3.05) is 0 Å². The van der Waals surface area contributed by atoms with Crippen molar-refractivity contribution in [3.05, 3.63) is 0 Å². The zero-order valence-corrected chi connectivity index (χ0v) is 10.6. The highest BCUT2D eigenvalue weighted by atomic mass is 31.1. The lowest BCUT2D eigenvalue weighted by atomic mass is 9.92. The molecule has 1 N–H and O–H groups in total. The monoisotopic (exact) mass is 221 g/mol. The Bertz CT molecular complexity index is 205. The van der Waals surface area contributed by atoms with Gasteiger partial charge in [-0.1, -0.05) is 20.8 Å². The van der Waals surface area contributed by atoms with Gasteiger partial charge in [0.15, 0.2) is 6.23 Å². The van der Waals surface area contributed by atoms with Crippen molar-refractivity contribution < 1.29 is 14.0 Å². The molecule has 0 aromatic rings. The smallest absolute Gasteiger partial charge is 0.490 e. The fourth-order valence-electron chi connectivity index (χ4n) is 0.880. The largest absolute Gasteiger partial charge is 0.566 e. The molecule has 0 rings (SSSR count). The maximum atomic E-state index is 10.5. The molecule has 0 aliphatic heterocycles. The lowest BCUT2D eigenvalue weighted by Crippen LogP contribution is -2.50. The van der Waals surface area contributed by atoms with Crippen LogP contribution in [-0.4, -0.2) is 11.8 Å². The van der Waals surface area contributed by atoms with Crippen LogP contribution in [0.25, 0.3) is 0 Å². The van der Waals surface area contributed by atoms with Gasteiger partial charge in [0.25, 0.3) is 0 Å². The Hall–Kier alpha value is -0.0200. The van der Waals surface area contributed by atoms with Gasteiger partial charge in [0.1, 0.15) is 0 Å². The molecule has 0 fully saturated rings. The summed E-state index contributed by atoms with van der Waals surface area (Å²) in [6.45, 7) is 11.7. The van der Waals surface area contributed by atoms with Crippen molar-refractivity contribution in [3.63, 3.8) is 0 Å². The van der Waals surface area contributed by atoms with E-state index in [-0.39, 0.29) is 11.0 Å². The Kier molecular flexibility index (Phi) is 4.66. The fraction of sp³-hybridized carbons (Fsp3) is 1.00. The van der Waals surface area contributed by atoms with Crippen LogP contribution in [0.4, 0.5) is 0 Å². The first kappa shape index (κ1) is 14.0. The Balaban J connectivity index is 4.50. The summed E-state index contributed by atoms with van der Waals surface area (Å²) < 4.78 is 15.4. The second kappa shape index (κ2) is 4.67. The molecule has 2 unspecified atom stereocenters. The molecule has 4 nitrogen and oxygen atoms in total. The Morgan fingerprint density at radius 3 is 1.86 bits per heavy atom. The van der Waals surface area contributed by atoms with Gasteiger partial charge >= 0.3 is 8.25 Å². The van der Waals surface area contributed by atoms with Crippen LogP contribution < -0.4 is 10.2 Å². The highest BCUT2D eigenvalue weighted by Gasteiger charge is 2.33. The average molecular weight is 221 g/mol. The van der Waals surface area contributed by atoms with Crippen molar-refractivity contribution in [3.8, 4) is 0 Å². The topological polar surface area (TPSA) is 61.4 Å². The molecule has 0 saturated carbocycles. The van der Waals surface area contributed by atoms with Gasteiger partial charge in [0.2, 0.25) is 0 Å². The molecule has 0 aliphatic carbocycles. The Morgan fingerprint density at radius 2 is 1.64 bits per heavy atom. The third-order valence-electron chi connectivity index (χ3n) is 1.54. The molecule has 0 aromatic carbocycles. The molecular weight excluding hydrogens is 201 g/mol. The SMILES string of the molecule is CC(C)(C)NC(O[P+](=O)[O-])C(C)(C)C. The van der Waals surface area contributed by atoms with Crippen LogP contribution in [0.15, 0.2) is 0 Å². The summed E-state index contributed by atoms with van der Waals surface area (Å²) in [5.74, 6) is 0. The van der Waals surface area contributed by atoms with Gasteiger partial charge < -0.3 is 4.89 Å². The minimum Gasteiger partial charge on any atom is -0.566 e. The molecule has 84 valence electrons. The molecule has 0 heterocycles. The van der Waals surface area contributed by atoms with Gasteiger partial charge in [-0.05, 0) is 25.3 Å². The normalized spacial score (nSPS) is 16.6. The van der Waals surface area contributed by atoms with Gasteiger partial charge in [-0.3, -0.25) is 5.32 Å². The zero-order chi connectivity index (χ0) is 11.6. The molecule has 0 radical (unpaired) electrons. The zero-order valence-electron chi connectivity index (χ0n) is 9.75. The van der Waals surface area contributed by atoms with E-state index in [2.05, 4.69) is 5.32 Å². The van der Waals surface area contributed by atoms with Crippen molar-refractivity contribution in [2.24, 2.45) is 5.41 Å². The highest BCUT2D eigenvalue weighted by molar-refractivity contribution is 7.30. The molecule has 2 atom stereocenters. The summed E-state index contributed by atoms with van der Waals surface area (Å²) in [4.78, 5) is 10.5. The summed E-state index contributed by atoms with van der Waals surface area (Å²) in [6.07, 6.45) is -0.497. The van der Waals surface area contributed by atoms with Crippen LogP contribution in [0.3, 0.4) is 0 Å². The maximum Gasteiger partial charge on any atom is 0.490 e. The highest BCUT2D eigenvalue weighted by Crippen LogP contribution is 2.27. The van der Waals surface area contributed by atoms with Gasteiger partial charge in [0.05, 0.1) is 0 Å². The summed E-state index contributed by atoms with van der Waals surface area (Å²) in [5.41, 5.74) is -0.439. The Morgan fingerprint density at radius 1 is 1.21 bits per heavy atom. The number of rotatable bonds is 3. The predicted octanol–water partition coefficient (Wildman–Crippen LogP) is 1.78. The minimum absolute atomic E-state index is 0.177. The first-order valence-corrected chi connectivity index (χ1v) is 5.71. The summed E-state index contributed by atoms with van der Waals surface area (Å²) >= 11 is 0.